The molecule has 1 aromatic rings. The molecule has 1 unspecified atom stereocenters. The van der Waals surface area contributed by atoms with Gasteiger partial charge in [0.25, 0.3) is 0 Å². The van der Waals surface area contributed by atoms with Crippen molar-refractivity contribution in [1.82, 2.24) is 5.32 Å². The van der Waals surface area contributed by atoms with E-state index in [2.05, 4.69) is 19.2 Å². The van der Waals surface area contributed by atoms with E-state index in [0.29, 0.717) is 18.7 Å². The van der Waals surface area contributed by atoms with Crippen molar-refractivity contribution in [2.24, 2.45) is 11.3 Å². The molecule has 25 heavy (non-hydrogen) atoms. The molecule has 2 fully saturated rings. The number of carbonyl (C=O) groups is 1. The molecule has 2 atom stereocenters. The third kappa shape index (κ3) is 4.42. The minimum atomic E-state index is -0.350. The van der Waals surface area contributed by atoms with Crippen LogP contribution >= 0.6 is 0 Å². The van der Waals surface area contributed by atoms with Gasteiger partial charge < -0.3 is 14.8 Å². The van der Waals surface area contributed by atoms with Crippen molar-refractivity contribution in [3.05, 3.63) is 35.9 Å². The number of rotatable bonds is 6. The Labute approximate surface area is 151 Å². The number of carbonyl (C=O) groups excluding carboxylic acids is 1. The summed E-state index contributed by atoms with van der Waals surface area (Å²) in [7, 11) is 0. The molecule has 0 bridgehead atoms. The topological polar surface area (TPSA) is 47.6 Å². The van der Waals surface area contributed by atoms with E-state index in [-0.39, 0.29) is 17.3 Å². The summed E-state index contributed by atoms with van der Waals surface area (Å²) in [6.07, 6.45) is 5.00. The van der Waals surface area contributed by atoms with Crippen molar-refractivity contribution < 1.29 is 14.3 Å². The van der Waals surface area contributed by atoms with Gasteiger partial charge in [-0.1, -0.05) is 44.2 Å². The van der Waals surface area contributed by atoms with Crippen molar-refractivity contribution in [2.75, 3.05) is 13.2 Å². The highest BCUT2D eigenvalue weighted by Gasteiger charge is 2.49. The molecule has 0 spiro atoms. The first-order valence-corrected chi connectivity index (χ1v) is 9.65. The quantitative estimate of drug-likeness (QED) is 0.799. The van der Waals surface area contributed by atoms with E-state index in [1.54, 1.807) is 0 Å². The zero-order valence-electron chi connectivity index (χ0n) is 15.5. The monoisotopic (exact) mass is 345 g/mol. The lowest BCUT2D eigenvalue weighted by Gasteiger charge is -2.32. The Hall–Kier alpha value is -1.39. The largest absolute Gasteiger partial charge is 0.460 e. The lowest BCUT2D eigenvalue weighted by atomic mass is 9.75. The SMILES string of the molecule is CC(C)[C@]1(C(=O)OCc2ccccc2)CCC(NC2CCOCC2)C1. The highest BCUT2D eigenvalue weighted by molar-refractivity contribution is 5.77. The summed E-state index contributed by atoms with van der Waals surface area (Å²) < 4.78 is 11.2. The maximum atomic E-state index is 12.9. The molecule has 0 amide bonds. The van der Waals surface area contributed by atoms with Crippen LogP contribution in [0.5, 0.6) is 0 Å². The van der Waals surface area contributed by atoms with Crippen LogP contribution in [0.2, 0.25) is 0 Å². The molecule has 1 aliphatic carbocycles. The summed E-state index contributed by atoms with van der Waals surface area (Å²) in [5, 5.41) is 3.77. The number of hydrogen-bond donors (Lipinski definition) is 1. The second kappa shape index (κ2) is 8.33. The first-order valence-electron chi connectivity index (χ1n) is 9.65. The fraction of sp³-hybridized carbons (Fsp3) is 0.667. The lowest BCUT2D eigenvalue weighted by molar-refractivity contribution is -0.160. The summed E-state index contributed by atoms with van der Waals surface area (Å²) in [6.45, 7) is 6.37. The van der Waals surface area contributed by atoms with Gasteiger partial charge >= 0.3 is 5.97 Å². The molecule has 4 heteroatoms. The maximum Gasteiger partial charge on any atom is 0.312 e. The van der Waals surface area contributed by atoms with Crippen molar-refractivity contribution >= 4 is 5.97 Å². The second-order valence-corrected chi connectivity index (χ2v) is 7.87. The zero-order chi connectivity index (χ0) is 17.7. The number of nitrogens with one attached hydrogen (secondary N) is 1. The third-order valence-electron chi connectivity index (χ3n) is 5.97. The van der Waals surface area contributed by atoms with E-state index in [1.807, 2.05) is 30.3 Å². The van der Waals surface area contributed by atoms with Crippen molar-refractivity contribution in [2.45, 2.75) is 64.6 Å². The van der Waals surface area contributed by atoms with Crippen LogP contribution in [0.3, 0.4) is 0 Å². The number of ether oxygens (including phenoxy) is 2. The first-order chi connectivity index (χ1) is 12.1. The van der Waals surface area contributed by atoms with Crippen LogP contribution in [0.25, 0.3) is 0 Å². The Morgan fingerprint density at radius 3 is 2.60 bits per heavy atom. The molecule has 2 aliphatic rings. The predicted octanol–water partition coefficient (Wildman–Crippen LogP) is 3.69. The van der Waals surface area contributed by atoms with Crippen LogP contribution in [0, 0.1) is 11.3 Å². The summed E-state index contributed by atoms with van der Waals surface area (Å²) in [5.74, 6) is 0.264. The van der Waals surface area contributed by atoms with E-state index in [4.69, 9.17) is 9.47 Å². The fourth-order valence-corrected chi connectivity index (χ4v) is 4.23. The number of esters is 1. The molecule has 1 saturated heterocycles. The summed E-state index contributed by atoms with van der Waals surface area (Å²) in [6, 6.07) is 10.9. The Morgan fingerprint density at radius 1 is 1.20 bits per heavy atom. The summed E-state index contributed by atoms with van der Waals surface area (Å²) in [5.41, 5.74) is 0.696. The standard InChI is InChI=1S/C21H31NO3/c1-16(2)21(20(23)25-15-17-6-4-3-5-7-17)11-8-19(14-21)22-18-9-12-24-13-10-18/h3-7,16,18-19,22H,8-15H2,1-2H3/t19?,21-/m0/s1. The van der Waals surface area contributed by atoms with E-state index in [9.17, 15) is 4.79 Å². The Balaban J connectivity index is 1.58. The number of hydrogen-bond acceptors (Lipinski definition) is 4. The average Bonchev–Trinajstić information content (AvgIpc) is 3.07. The van der Waals surface area contributed by atoms with Crippen LogP contribution in [0.1, 0.15) is 51.5 Å². The van der Waals surface area contributed by atoms with E-state index in [1.165, 1.54) is 0 Å². The normalized spacial score (nSPS) is 27.6. The van der Waals surface area contributed by atoms with Crippen LogP contribution in [0.15, 0.2) is 30.3 Å². The highest BCUT2D eigenvalue weighted by atomic mass is 16.5. The van der Waals surface area contributed by atoms with Gasteiger partial charge in [0, 0.05) is 25.3 Å². The molecular weight excluding hydrogens is 314 g/mol. The lowest BCUT2D eigenvalue weighted by Crippen LogP contribution is -2.43. The molecule has 1 aromatic carbocycles. The van der Waals surface area contributed by atoms with Gasteiger partial charge in [-0.3, -0.25) is 4.79 Å². The Bertz CT molecular complexity index is 554. The van der Waals surface area contributed by atoms with Crippen LogP contribution in [0.4, 0.5) is 0 Å². The van der Waals surface area contributed by atoms with E-state index >= 15 is 0 Å². The van der Waals surface area contributed by atoms with Gasteiger partial charge in [-0.15, -0.1) is 0 Å². The smallest absolute Gasteiger partial charge is 0.312 e. The molecule has 138 valence electrons. The Kier molecular flexibility index (Phi) is 6.13. The van der Waals surface area contributed by atoms with Gasteiger partial charge in [-0.2, -0.15) is 0 Å². The van der Waals surface area contributed by atoms with Gasteiger partial charge in [0.2, 0.25) is 0 Å². The van der Waals surface area contributed by atoms with Crippen molar-refractivity contribution in [3.63, 3.8) is 0 Å². The zero-order valence-corrected chi connectivity index (χ0v) is 15.5. The van der Waals surface area contributed by atoms with Gasteiger partial charge in [0.05, 0.1) is 5.41 Å². The molecule has 1 saturated carbocycles. The predicted molar refractivity (Wildman–Crippen MR) is 98.1 cm³/mol. The molecule has 0 radical (unpaired) electrons. The number of benzene rings is 1. The molecule has 1 heterocycles. The second-order valence-electron chi connectivity index (χ2n) is 7.87. The fourth-order valence-electron chi connectivity index (χ4n) is 4.23. The minimum absolute atomic E-state index is 0.0253. The average molecular weight is 345 g/mol. The van der Waals surface area contributed by atoms with Crippen molar-refractivity contribution in [1.29, 1.82) is 0 Å². The van der Waals surface area contributed by atoms with Gasteiger partial charge in [0.1, 0.15) is 6.61 Å². The van der Waals surface area contributed by atoms with Crippen molar-refractivity contribution in [3.8, 4) is 0 Å². The summed E-state index contributed by atoms with van der Waals surface area (Å²) >= 11 is 0. The van der Waals surface area contributed by atoms with Gasteiger partial charge in [-0.25, -0.2) is 0 Å². The molecule has 4 nitrogen and oxygen atoms in total. The van der Waals surface area contributed by atoms with Gasteiger partial charge in [0.15, 0.2) is 0 Å². The molecular formula is C21H31NO3. The Morgan fingerprint density at radius 2 is 1.92 bits per heavy atom. The molecule has 3 rings (SSSR count). The molecule has 1 aliphatic heterocycles. The van der Waals surface area contributed by atoms with Gasteiger partial charge in [-0.05, 0) is 43.6 Å². The van der Waals surface area contributed by atoms with E-state index < -0.39 is 0 Å². The first kappa shape index (κ1) is 18.4. The molecule has 0 aromatic heterocycles. The van der Waals surface area contributed by atoms with Crippen LogP contribution < -0.4 is 5.32 Å². The van der Waals surface area contributed by atoms with Crippen LogP contribution in [-0.2, 0) is 20.9 Å². The van der Waals surface area contributed by atoms with Crippen LogP contribution in [-0.4, -0.2) is 31.3 Å². The minimum Gasteiger partial charge on any atom is -0.460 e. The van der Waals surface area contributed by atoms with E-state index in [0.717, 1.165) is 50.9 Å². The highest BCUT2D eigenvalue weighted by Crippen LogP contribution is 2.45. The maximum absolute atomic E-state index is 12.9. The summed E-state index contributed by atoms with van der Waals surface area (Å²) in [4.78, 5) is 12.9. The third-order valence-corrected chi connectivity index (χ3v) is 5.97. The molecule has 1 N–H and O–H groups in total.